The van der Waals surface area contributed by atoms with E-state index < -0.39 is 0 Å². The fourth-order valence-corrected chi connectivity index (χ4v) is 2.34. The van der Waals surface area contributed by atoms with E-state index >= 15 is 0 Å². The zero-order valence-electron chi connectivity index (χ0n) is 14.4. The lowest BCUT2D eigenvalue weighted by Gasteiger charge is -2.12. The molecule has 0 spiro atoms. The highest BCUT2D eigenvalue weighted by Gasteiger charge is 2.03. The Morgan fingerprint density at radius 3 is 2.79 bits per heavy atom. The summed E-state index contributed by atoms with van der Waals surface area (Å²) < 4.78 is 0. The van der Waals surface area contributed by atoms with Crippen molar-refractivity contribution < 1.29 is 0 Å². The Labute approximate surface area is 161 Å². The molecular weight excluding hydrogens is 415 g/mol. The molecule has 1 aromatic carbocycles. The van der Waals surface area contributed by atoms with E-state index in [0.717, 1.165) is 30.4 Å². The molecule has 3 N–H and O–H groups in total. The number of hydrogen-bond acceptors (Lipinski definition) is 3. The van der Waals surface area contributed by atoms with Crippen LogP contribution < -0.4 is 10.6 Å². The highest BCUT2D eigenvalue weighted by atomic mass is 127. The summed E-state index contributed by atoms with van der Waals surface area (Å²) in [4.78, 5) is 8.44. The van der Waals surface area contributed by atoms with Crippen LogP contribution in [0.3, 0.4) is 0 Å². The molecule has 0 fully saturated rings. The molecule has 6 nitrogen and oxygen atoms in total. The molecule has 2 rings (SSSR count). The summed E-state index contributed by atoms with van der Waals surface area (Å²) in [5, 5.41) is 13.5. The van der Waals surface area contributed by atoms with E-state index in [2.05, 4.69) is 49.9 Å². The number of aliphatic imine (C=N–C) groups is 1. The molecule has 0 aliphatic heterocycles. The molecule has 7 heteroatoms. The van der Waals surface area contributed by atoms with E-state index in [-0.39, 0.29) is 24.0 Å². The van der Waals surface area contributed by atoms with Gasteiger partial charge in [0.1, 0.15) is 6.33 Å². The summed E-state index contributed by atoms with van der Waals surface area (Å²) in [6.07, 6.45) is 6.51. The number of aromatic nitrogens is 3. The average Bonchev–Trinajstić information content (AvgIpc) is 3.12. The first-order chi connectivity index (χ1) is 11.3. The molecule has 0 saturated carbocycles. The third-order valence-electron chi connectivity index (χ3n) is 3.62. The minimum atomic E-state index is 0. The molecule has 0 saturated heterocycles. The van der Waals surface area contributed by atoms with E-state index in [1.807, 2.05) is 12.1 Å². The Hall–Kier alpha value is -1.64. The van der Waals surface area contributed by atoms with E-state index in [0.29, 0.717) is 0 Å². The Morgan fingerprint density at radius 2 is 2.08 bits per heavy atom. The number of halogens is 1. The molecule has 0 atom stereocenters. The van der Waals surface area contributed by atoms with Gasteiger partial charge < -0.3 is 10.6 Å². The van der Waals surface area contributed by atoms with Gasteiger partial charge in [-0.25, -0.2) is 4.98 Å². The molecule has 0 bridgehead atoms. The number of H-pyrrole nitrogens is 1. The molecule has 1 aromatic heterocycles. The summed E-state index contributed by atoms with van der Waals surface area (Å²) >= 11 is 0. The molecular formula is C17H27IN6. The van der Waals surface area contributed by atoms with Crippen molar-refractivity contribution in [3.05, 3.63) is 36.2 Å². The Morgan fingerprint density at radius 1 is 1.21 bits per heavy atom. The third-order valence-corrected chi connectivity index (χ3v) is 3.62. The van der Waals surface area contributed by atoms with Crippen molar-refractivity contribution in [3.8, 4) is 11.4 Å². The quantitative estimate of drug-likeness (QED) is 0.254. The van der Waals surface area contributed by atoms with Crippen molar-refractivity contribution >= 4 is 29.9 Å². The minimum Gasteiger partial charge on any atom is -0.356 e. The number of benzene rings is 1. The highest BCUT2D eigenvalue weighted by molar-refractivity contribution is 14.0. The van der Waals surface area contributed by atoms with Crippen LogP contribution in [0, 0.1) is 0 Å². The molecule has 1 heterocycles. The second-order valence-electron chi connectivity index (χ2n) is 5.45. The summed E-state index contributed by atoms with van der Waals surface area (Å²) in [6, 6.07) is 8.23. The smallest absolute Gasteiger partial charge is 0.191 e. The number of unbranched alkanes of at least 4 members (excludes halogenated alkanes) is 3. The normalized spacial score (nSPS) is 11.0. The largest absolute Gasteiger partial charge is 0.356 e. The van der Waals surface area contributed by atoms with Gasteiger partial charge in [0.05, 0.1) is 0 Å². The topological polar surface area (TPSA) is 78.0 Å². The third kappa shape index (κ3) is 6.86. The first kappa shape index (κ1) is 20.4. The second kappa shape index (κ2) is 11.8. The molecule has 0 radical (unpaired) electrons. The van der Waals surface area contributed by atoms with Crippen LogP contribution in [0.25, 0.3) is 11.4 Å². The molecule has 0 aliphatic rings. The second-order valence-corrected chi connectivity index (χ2v) is 5.45. The molecule has 0 aliphatic carbocycles. The number of nitrogens with one attached hydrogen (secondary N) is 3. The van der Waals surface area contributed by atoms with E-state index in [1.54, 1.807) is 7.05 Å². The number of aromatic amines is 1. The number of guanidine groups is 1. The van der Waals surface area contributed by atoms with Crippen LogP contribution in [0.1, 0.15) is 38.2 Å². The van der Waals surface area contributed by atoms with Gasteiger partial charge in [0.15, 0.2) is 11.8 Å². The van der Waals surface area contributed by atoms with Gasteiger partial charge >= 0.3 is 0 Å². The van der Waals surface area contributed by atoms with Crippen LogP contribution in [-0.2, 0) is 6.54 Å². The van der Waals surface area contributed by atoms with E-state index in [4.69, 9.17) is 0 Å². The van der Waals surface area contributed by atoms with Crippen LogP contribution in [-0.4, -0.2) is 34.7 Å². The molecule has 2 aromatic rings. The van der Waals surface area contributed by atoms with Gasteiger partial charge in [-0.1, -0.05) is 44.4 Å². The zero-order chi connectivity index (χ0) is 16.3. The van der Waals surface area contributed by atoms with Crippen molar-refractivity contribution in [1.82, 2.24) is 25.8 Å². The molecule has 24 heavy (non-hydrogen) atoms. The van der Waals surface area contributed by atoms with Crippen molar-refractivity contribution in [2.75, 3.05) is 13.6 Å². The van der Waals surface area contributed by atoms with Gasteiger partial charge in [-0.2, -0.15) is 5.10 Å². The average molecular weight is 442 g/mol. The lowest BCUT2D eigenvalue weighted by Crippen LogP contribution is -2.37. The van der Waals surface area contributed by atoms with Gasteiger partial charge in [0.25, 0.3) is 0 Å². The Balaban J connectivity index is 0.00000288. The van der Waals surface area contributed by atoms with Gasteiger partial charge in [0, 0.05) is 25.7 Å². The SMILES string of the molecule is CCCCCCNC(=NC)NCc1cccc(-c2ncn[nH]2)c1.I. The van der Waals surface area contributed by atoms with E-state index in [9.17, 15) is 0 Å². The number of rotatable bonds is 8. The fourth-order valence-electron chi connectivity index (χ4n) is 2.34. The van der Waals surface area contributed by atoms with Gasteiger partial charge in [0.2, 0.25) is 0 Å². The van der Waals surface area contributed by atoms with Gasteiger partial charge in [-0.05, 0) is 18.1 Å². The van der Waals surface area contributed by atoms with Crippen molar-refractivity contribution in [3.63, 3.8) is 0 Å². The highest BCUT2D eigenvalue weighted by Crippen LogP contribution is 2.15. The van der Waals surface area contributed by atoms with Crippen molar-refractivity contribution in [2.45, 2.75) is 39.2 Å². The summed E-state index contributed by atoms with van der Waals surface area (Å²) in [7, 11) is 1.80. The van der Waals surface area contributed by atoms with Crippen molar-refractivity contribution in [1.29, 1.82) is 0 Å². The molecule has 132 valence electrons. The first-order valence-electron chi connectivity index (χ1n) is 8.22. The minimum absolute atomic E-state index is 0. The van der Waals surface area contributed by atoms with Crippen LogP contribution in [0.4, 0.5) is 0 Å². The number of nitrogens with zero attached hydrogens (tertiary/aromatic N) is 3. The maximum atomic E-state index is 4.26. The van der Waals surface area contributed by atoms with E-state index in [1.165, 1.54) is 37.6 Å². The summed E-state index contributed by atoms with van der Waals surface area (Å²) in [5.74, 6) is 1.62. The Bertz CT molecular complexity index is 597. The molecule has 0 amide bonds. The van der Waals surface area contributed by atoms with Crippen LogP contribution in [0.2, 0.25) is 0 Å². The predicted molar refractivity (Wildman–Crippen MR) is 110 cm³/mol. The van der Waals surface area contributed by atoms with Crippen molar-refractivity contribution in [2.24, 2.45) is 4.99 Å². The number of hydrogen-bond donors (Lipinski definition) is 3. The lowest BCUT2D eigenvalue weighted by atomic mass is 10.1. The summed E-state index contributed by atoms with van der Waals surface area (Å²) in [5.41, 5.74) is 2.21. The maximum Gasteiger partial charge on any atom is 0.191 e. The predicted octanol–water partition coefficient (Wildman–Crippen LogP) is 3.34. The standard InChI is InChI=1S/C17H26N6.HI/c1-3-4-5-6-10-19-17(18-2)20-12-14-8-7-9-15(11-14)16-21-13-22-23-16;/h7-9,11,13H,3-6,10,12H2,1-2H3,(H2,18,19,20)(H,21,22,23);1H. The van der Waals surface area contributed by atoms with Gasteiger partial charge in [-0.15, -0.1) is 24.0 Å². The van der Waals surface area contributed by atoms with Gasteiger partial charge in [-0.3, -0.25) is 10.1 Å². The first-order valence-corrected chi connectivity index (χ1v) is 8.22. The summed E-state index contributed by atoms with van der Waals surface area (Å²) in [6.45, 7) is 3.90. The van der Waals surface area contributed by atoms with Crippen LogP contribution in [0.15, 0.2) is 35.6 Å². The lowest BCUT2D eigenvalue weighted by molar-refractivity contribution is 0.647. The monoisotopic (exact) mass is 442 g/mol. The van der Waals surface area contributed by atoms with Crippen LogP contribution >= 0.6 is 24.0 Å². The molecule has 0 unspecified atom stereocenters. The maximum absolute atomic E-state index is 4.26. The van der Waals surface area contributed by atoms with Crippen LogP contribution in [0.5, 0.6) is 0 Å². The zero-order valence-corrected chi connectivity index (χ0v) is 16.7. The fraction of sp³-hybridized carbons (Fsp3) is 0.471. The Kier molecular flexibility index (Phi) is 10.1.